The van der Waals surface area contributed by atoms with Gasteiger partial charge in [0.15, 0.2) is 5.75 Å². The van der Waals surface area contributed by atoms with Gasteiger partial charge in [0.05, 0.1) is 62.8 Å². The van der Waals surface area contributed by atoms with Crippen LogP contribution in [-0.2, 0) is 30.3 Å². The summed E-state index contributed by atoms with van der Waals surface area (Å²) in [7, 11) is 1.41. The maximum Gasteiger partial charge on any atom is 0.341 e. The predicted octanol–water partition coefficient (Wildman–Crippen LogP) is 7.26. The van der Waals surface area contributed by atoms with E-state index >= 15 is 4.39 Å². The van der Waals surface area contributed by atoms with Gasteiger partial charge in [0.25, 0.3) is 11.7 Å². The number of carboxylic acid groups (broad SMARTS) is 1. The molecular formula is C55H64ClFN4O15. The van der Waals surface area contributed by atoms with Crippen LogP contribution in [0.25, 0.3) is 21.7 Å². The second kappa shape index (κ2) is 21.4. The molecule has 21 heteroatoms. The van der Waals surface area contributed by atoms with Crippen molar-refractivity contribution in [3.63, 3.8) is 0 Å². The van der Waals surface area contributed by atoms with E-state index in [9.17, 15) is 54.6 Å². The number of benzene rings is 3. The number of amides is 1. The number of Topliss-reactive ketones (excluding diaryl/α,β-unsaturated/α-hetero) is 1. The summed E-state index contributed by atoms with van der Waals surface area (Å²) in [6.07, 6.45) is 6.19. The van der Waals surface area contributed by atoms with Crippen molar-refractivity contribution >= 4 is 68.3 Å². The third kappa shape index (κ3) is 9.96. The smallest absolute Gasteiger partial charge is 0.341 e. The number of ketones is 1. The number of methoxy groups -OCH3 is 1. The van der Waals surface area contributed by atoms with Crippen LogP contribution < -0.4 is 25.7 Å². The highest BCUT2D eigenvalue weighted by Gasteiger charge is 2.50. The topological polar surface area (TPSA) is 276 Å². The lowest BCUT2D eigenvalue weighted by Crippen LogP contribution is -2.46. The van der Waals surface area contributed by atoms with Crippen molar-refractivity contribution in [1.82, 2.24) is 9.88 Å². The summed E-state index contributed by atoms with van der Waals surface area (Å²) in [5.41, 5.74) is -1.75. The number of aliphatic hydroxyl groups excluding tert-OH is 2. The van der Waals surface area contributed by atoms with Crippen molar-refractivity contribution in [2.75, 3.05) is 30.4 Å². The number of allylic oxidation sites excluding steroid dienone is 2. The average molecular weight is 1080 g/mol. The van der Waals surface area contributed by atoms with Crippen molar-refractivity contribution in [3.8, 4) is 23.0 Å². The van der Waals surface area contributed by atoms with Gasteiger partial charge in [-0.15, -0.1) is 0 Å². The molecule has 4 aliphatic heterocycles. The number of aromatic carboxylic acids is 1. The number of carboxylic acids is 1. The standard InChI is InChI=1S/C55H64ClFN4O15/c1-23-11-10-12-24(2)53(70)59-41-33(20-58-30-15-17-60(21-30)43-35(57)19-32-42(40(43)56)61(31-13-14-31)22-34(47(32)66)54(71)72)48(67)37-38(49(41)68)46(65)28(6)51-39(37)52(69)55(8,76-51)74-18-16-36(73-9)25(3)50(75-29(7)62)27(5)45(64)26(4)44(23)63/h10-12,16,18-19,22-23,25-27,30-31,36,44-45,50,58,63-65,67-68H,13-15,17,20-21H2,1-9H3,(H,59,70)(H,71,72)/t23-,25+,26+,27+,30?,36-,44-,45+,50+,55-/m0/s1. The number of pyridine rings is 1. The molecule has 19 nitrogen and oxygen atoms in total. The number of hydrogen-bond acceptors (Lipinski definition) is 16. The largest absolute Gasteiger partial charge is 0.507 e. The zero-order valence-electron chi connectivity index (χ0n) is 43.6. The number of phenolic OH excluding ortho intramolecular Hbond substituents is 3. The molecule has 2 fully saturated rings. The molecule has 3 aromatic carbocycles. The van der Waals surface area contributed by atoms with Crippen molar-refractivity contribution < 1.29 is 73.2 Å². The summed E-state index contributed by atoms with van der Waals surface area (Å²) in [4.78, 5) is 68.2. The normalized spacial score (nSPS) is 27.5. The fourth-order valence-corrected chi connectivity index (χ4v) is 11.3. The number of esters is 1. The number of rotatable bonds is 8. The van der Waals surface area contributed by atoms with E-state index in [2.05, 4.69) is 10.6 Å². The zero-order chi connectivity index (χ0) is 55.6. The number of nitrogens with zero attached hydrogens (tertiary/aromatic N) is 2. The second-order valence-electron chi connectivity index (χ2n) is 20.7. The highest BCUT2D eigenvalue weighted by molar-refractivity contribution is 6.38. The molecule has 5 heterocycles. The van der Waals surface area contributed by atoms with E-state index in [1.54, 1.807) is 49.3 Å². The molecule has 5 bridgehead atoms. The molecule has 1 saturated heterocycles. The van der Waals surface area contributed by atoms with Gasteiger partial charge in [-0.25, -0.2) is 9.18 Å². The Morgan fingerprint density at radius 1 is 0.974 bits per heavy atom. The van der Waals surface area contributed by atoms with Gasteiger partial charge in [-0.3, -0.25) is 19.2 Å². The van der Waals surface area contributed by atoms with Crippen LogP contribution in [-0.4, -0.2) is 115 Å². The molecule has 1 saturated carbocycles. The van der Waals surface area contributed by atoms with Crippen LogP contribution in [0.1, 0.15) is 106 Å². The summed E-state index contributed by atoms with van der Waals surface area (Å²) in [5.74, 6) is -11.4. The van der Waals surface area contributed by atoms with E-state index in [-0.39, 0.29) is 91.8 Å². The SMILES string of the molecule is CO[C@H]1C=CO[C@@]2(C)Oc3c(C)c(O)c4c(O)c(c(CNC5CCN(c6c(F)cc7c(=O)c(C(=O)O)cn(C8CC8)c7c6Cl)C5)c(O)c4c3C2=O)NC(=O)C(C)=CC=C[C@H](C)[C@H](O)[C@@H](C)[C@@H](O)[C@@H](C)[C@H](OC(C)=O)[C@@H]1C. The molecule has 76 heavy (non-hydrogen) atoms. The molecule has 1 unspecified atom stereocenters. The lowest BCUT2D eigenvalue weighted by molar-refractivity contribution is -0.160. The number of ether oxygens (including phenoxy) is 4. The average Bonchev–Trinajstić information content (AvgIpc) is 4.14. The monoisotopic (exact) mass is 1070 g/mol. The van der Waals surface area contributed by atoms with E-state index in [4.69, 9.17) is 30.5 Å². The Bertz CT molecular complexity index is 3210. The molecule has 5 aliphatic rings. The summed E-state index contributed by atoms with van der Waals surface area (Å²) in [5, 5.41) is 74.4. The maximum atomic E-state index is 16.2. The van der Waals surface area contributed by atoms with Crippen LogP contribution in [0, 0.1) is 36.4 Å². The Balaban J connectivity index is 1.19. The lowest BCUT2D eigenvalue weighted by atomic mass is 9.78. The van der Waals surface area contributed by atoms with Gasteiger partial charge in [-0.1, -0.05) is 57.5 Å². The number of nitrogens with one attached hydrogen (secondary N) is 2. The number of fused-ring (bicyclic) bond motifs is 15. The number of aliphatic hydroxyl groups is 2. The Morgan fingerprint density at radius 2 is 1.67 bits per heavy atom. The fourth-order valence-electron chi connectivity index (χ4n) is 10.8. The molecule has 408 valence electrons. The molecule has 0 radical (unpaired) electrons. The van der Waals surface area contributed by atoms with Crippen LogP contribution in [0.4, 0.5) is 15.8 Å². The number of aromatic hydroxyl groups is 3. The van der Waals surface area contributed by atoms with Crippen LogP contribution in [0.2, 0.25) is 5.02 Å². The Morgan fingerprint density at radius 3 is 2.32 bits per heavy atom. The molecule has 4 aromatic rings. The summed E-state index contributed by atoms with van der Waals surface area (Å²) >= 11 is 6.96. The predicted molar refractivity (Wildman–Crippen MR) is 280 cm³/mol. The first-order valence-electron chi connectivity index (χ1n) is 25.2. The molecule has 1 aliphatic carbocycles. The molecule has 10 atom stereocenters. The van der Waals surface area contributed by atoms with Crippen LogP contribution in [0.15, 0.2) is 53.2 Å². The molecule has 0 spiro atoms. The number of halogens is 2. The zero-order valence-corrected chi connectivity index (χ0v) is 44.3. The number of carbonyl (C=O) groups excluding carboxylic acids is 3. The van der Waals surface area contributed by atoms with Crippen molar-refractivity contribution in [1.29, 1.82) is 0 Å². The molecule has 8 N–H and O–H groups in total. The second-order valence-corrected chi connectivity index (χ2v) is 21.1. The molecule has 1 aromatic heterocycles. The summed E-state index contributed by atoms with van der Waals surface area (Å²) in [6.45, 7) is 12.4. The minimum Gasteiger partial charge on any atom is -0.507 e. The van der Waals surface area contributed by atoms with Gasteiger partial charge in [-0.05, 0) is 45.3 Å². The van der Waals surface area contributed by atoms with E-state index in [1.807, 2.05) is 0 Å². The van der Waals surface area contributed by atoms with E-state index in [0.717, 1.165) is 12.3 Å². The Kier molecular flexibility index (Phi) is 15.6. The summed E-state index contributed by atoms with van der Waals surface area (Å²) < 4.78 is 41.6. The van der Waals surface area contributed by atoms with Gasteiger partial charge in [-0.2, -0.15) is 0 Å². The quantitative estimate of drug-likeness (QED) is 0.0490. The highest BCUT2D eigenvalue weighted by atomic mass is 35.5. The van der Waals surface area contributed by atoms with E-state index in [0.29, 0.717) is 19.3 Å². The number of carbonyl (C=O) groups is 4. The van der Waals surface area contributed by atoms with Crippen LogP contribution >= 0.6 is 11.6 Å². The minimum absolute atomic E-state index is 0.00175. The molecule has 9 rings (SSSR count). The number of aromatic nitrogens is 1. The van der Waals surface area contributed by atoms with Crippen molar-refractivity contribution in [3.05, 3.63) is 91.7 Å². The number of hydrogen-bond donors (Lipinski definition) is 8. The third-order valence-corrected chi connectivity index (χ3v) is 15.9. The summed E-state index contributed by atoms with van der Waals surface area (Å²) in [6, 6.07) is 0.400. The van der Waals surface area contributed by atoms with E-state index < -0.39 is 118 Å². The molecule has 1 amide bonds. The lowest BCUT2D eigenvalue weighted by Gasteiger charge is -2.38. The van der Waals surface area contributed by atoms with Gasteiger partial charge in [0.1, 0.15) is 34.7 Å². The maximum absolute atomic E-state index is 16.2. The first kappa shape index (κ1) is 55.5. The van der Waals surface area contributed by atoms with Gasteiger partial charge >= 0.3 is 17.7 Å². The number of anilines is 2. The third-order valence-electron chi connectivity index (χ3n) is 15.5. The van der Waals surface area contributed by atoms with Crippen molar-refractivity contribution in [2.45, 2.75) is 123 Å². The number of phenols is 3. The van der Waals surface area contributed by atoms with Gasteiger partial charge in [0.2, 0.25) is 5.43 Å². The minimum atomic E-state index is -2.14. The first-order valence-corrected chi connectivity index (χ1v) is 25.6. The fraction of sp³-hybridized carbons (Fsp3) is 0.473. The highest BCUT2D eigenvalue weighted by Crippen LogP contribution is 2.55. The van der Waals surface area contributed by atoms with Crippen LogP contribution in [0.5, 0.6) is 23.0 Å². The Labute approximate surface area is 442 Å². The Hall–Kier alpha value is -6.71. The van der Waals surface area contributed by atoms with E-state index in [1.165, 1.54) is 53.2 Å². The van der Waals surface area contributed by atoms with Gasteiger partial charge < -0.3 is 69.7 Å². The first-order chi connectivity index (χ1) is 35.8. The molecular weight excluding hydrogens is 1010 g/mol. The van der Waals surface area contributed by atoms with Crippen molar-refractivity contribution in [2.24, 2.45) is 23.7 Å². The van der Waals surface area contributed by atoms with Crippen LogP contribution in [0.3, 0.4) is 0 Å². The van der Waals surface area contributed by atoms with Gasteiger partial charge in [0, 0.05) is 105 Å².